The first-order valence-corrected chi connectivity index (χ1v) is 8.64. The van der Waals surface area contributed by atoms with Crippen LogP contribution in [0.4, 0.5) is 0 Å². The van der Waals surface area contributed by atoms with Crippen LogP contribution in [0.2, 0.25) is 0 Å². The van der Waals surface area contributed by atoms with Gasteiger partial charge in [-0.25, -0.2) is 4.68 Å². The highest BCUT2D eigenvalue weighted by molar-refractivity contribution is 5.79. The lowest BCUT2D eigenvalue weighted by atomic mass is 9.95. The molecule has 1 aromatic heterocycles. The van der Waals surface area contributed by atoms with Gasteiger partial charge >= 0.3 is 0 Å². The number of likely N-dealkylation sites (tertiary alicyclic amines) is 1. The van der Waals surface area contributed by atoms with Crippen LogP contribution in [-0.4, -0.2) is 51.5 Å². The highest BCUT2D eigenvalue weighted by Crippen LogP contribution is 2.20. The van der Waals surface area contributed by atoms with Gasteiger partial charge < -0.3 is 9.80 Å². The van der Waals surface area contributed by atoms with Crippen molar-refractivity contribution in [1.29, 1.82) is 0 Å². The number of nitrogens with zero attached hydrogens (tertiary/aromatic N) is 4. The molecule has 1 aliphatic rings. The SMILES string of the molecule is CC(=O)N1CCC(C(=O)N(C)Cc2cnn(-c3ccccc3)c2)CC1. The molecule has 2 amide bonds. The number of para-hydroxylation sites is 1. The fraction of sp³-hybridized carbons (Fsp3) is 0.421. The number of hydrogen-bond donors (Lipinski definition) is 0. The summed E-state index contributed by atoms with van der Waals surface area (Å²) >= 11 is 0. The molecule has 1 aliphatic heterocycles. The van der Waals surface area contributed by atoms with Crippen molar-refractivity contribution in [2.75, 3.05) is 20.1 Å². The minimum atomic E-state index is 0.00442. The van der Waals surface area contributed by atoms with E-state index < -0.39 is 0 Å². The molecule has 3 rings (SSSR count). The maximum atomic E-state index is 12.7. The second kappa shape index (κ2) is 7.51. The van der Waals surface area contributed by atoms with Crippen LogP contribution in [0.15, 0.2) is 42.7 Å². The highest BCUT2D eigenvalue weighted by Gasteiger charge is 2.28. The van der Waals surface area contributed by atoms with Gasteiger partial charge in [-0.2, -0.15) is 5.10 Å². The smallest absolute Gasteiger partial charge is 0.225 e. The summed E-state index contributed by atoms with van der Waals surface area (Å²) in [6, 6.07) is 9.90. The molecular formula is C19H24N4O2. The molecule has 1 aromatic carbocycles. The third-order valence-corrected chi connectivity index (χ3v) is 4.74. The molecule has 0 spiro atoms. The van der Waals surface area contributed by atoms with Gasteiger partial charge in [0, 0.05) is 51.3 Å². The average Bonchev–Trinajstić information content (AvgIpc) is 3.10. The Balaban J connectivity index is 1.57. The Morgan fingerprint density at radius 3 is 2.52 bits per heavy atom. The number of amides is 2. The monoisotopic (exact) mass is 340 g/mol. The molecule has 0 N–H and O–H groups in total. The molecule has 0 saturated carbocycles. The molecule has 0 unspecified atom stereocenters. The summed E-state index contributed by atoms with van der Waals surface area (Å²) in [7, 11) is 1.83. The van der Waals surface area contributed by atoms with Gasteiger partial charge in [0.05, 0.1) is 11.9 Å². The second-order valence-corrected chi connectivity index (χ2v) is 6.60. The lowest BCUT2D eigenvalue weighted by Gasteiger charge is -2.32. The molecule has 0 bridgehead atoms. The Labute approximate surface area is 148 Å². The van der Waals surface area contributed by atoms with Gasteiger partial charge in [0.1, 0.15) is 0 Å². The van der Waals surface area contributed by atoms with E-state index in [1.807, 2.05) is 53.2 Å². The van der Waals surface area contributed by atoms with Gasteiger partial charge in [0.15, 0.2) is 0 Å². The summed E-state index contributed by atoms with van der Waals surface area (Å²) < 4.78 is 1.82. The van der Waals surface area contributed by atoms with Crippen molar-refractivity contribution in [1.82, 2.24) is 19.6 Å². The van der Waals surface area contributed by atoms with E-state index in [4.69, 9.17) is 0 Å². The molecule has 1 saturated heterocycles. The van der Waals surface area contributed by atoms with Crippen LogP contribution in [0.5, 0.6) is 0 Å². The van der Waals surface area contributed by atoms with Crippen molar-refractivity contribution in [3.63, 3.8) is 0 Å². The van der Waals surface area contributed by atoms with Gasteiger partial charge in [-0.1, -0.05) is 18.2 Å². The van der Waals surface area contributed by atoms with Gasteiger partial charge in [-0.3, -0.25) is 9.59 Å². The summed E-state index contributed by atoms with van der Waals surface area (Å²) in [5, 5.41) is 4.38. The van der Waals surface area contributed by atoms with Gasteiger partial charge in [0.25, 0.3) is 0 Å². The summed E-state index contributed by atoms with van der Waals surface area (Å²) in [4.78, 5) is 27.6. The standard InChI is InChI=1S/C19H24N4O2/c1-15(24)22-10-8-17(9-11-22)19(25)21(2)13-16-12-20-23(14-16)18-6-4-3-5-7-18/h3-7,12,14,17H,8-11,13H2,1-2H3. The number of rotatable bonds is 4. The molecule has 6 heteroatoms. The molecule has 0 radical (unpaired) electrons. The average molecular weight is 340 g/mol. The normalized spacial score (nSPS) is 15.2. The first-order valence-electron chi connectivity index (χ1n) is 8.64. The van der Waals surface area contributed by atoms with E-state index in [0.717, 1.165) is 24.1 Å². The number of benzene rings is 1. The lowest BCUT2D eigenvalue weighted by Crippen LogP contribution is -2.42. The summed E-state index contributed by atoms with van der Waals surface area (Å²) in [5.41, 5.74) is 2.00. The third-order valence-electron chi connectivity index (χ3n) is 4.74. The van der Waals surface area contributed by atoms with Crippen molar-refractivity contribution in [3.05, 3.63) is 48.3 Å². The molecule has 0 aliphatic carbocycles. The van der Waals surface area contributed by atoms with Crippen LogP contribution < -0.4 is 0 Å². The summed E-state index contributed by atoms with van der Waals surface area (Å²) in [6.45, 7) is 3.47. The maximum absolute atomic E-state index is 12.7. The van der Waals surface area contributed by atoms with Gasteiger partial charge in [-0.15, -0.1) is 0 Å². The van der Waals surface area contributed by atoms with Crippen molar-refractivity contribution in [2.24, 2.45) is 5.92 Å². The van der Waals surface area contributed by atoms with E-state index in [2.05, 4.69) is 5.10 Å². The number of aromatic nitrogens is 2. The molecule has 2 aromatic rings. The zero-order valence-electron chi connectivity index (χ0n) is 14.8. The van der Waals surface area contributed by atoms with Crippen LogP contribution in [0.1, 0.15) is 25.3 Å². The second-order valence-electron chi connectivity index (χ2n) is 6.60. The Kier molecular flexibility index (Phi) is 5.16. The highest BCUT2D eigenvalue weighted by atomic mass is 16.2. The zero-order valence-corrected chi connectivity index (χ0v) is 14.8. The molecule has 2 heterocycles. The maximum Gasteiger partial charge on any atom is 0.225 e. The largest absolute Gasteiger partial charge is 0.343 e. The molecule has 25 heavy (non-hydrogen) atoms. The molecule has 1 fully saturated rings. The lowest BCUT2D eigenvalue weighted by molar-refractivity contribution is -0.139. The Morgan fingerprint density at radius 2 is 1.88 bits per heavy atom. The number of piperidine rings is 1. The fourth-order valence-corrected chi connectivity index (χ4v) is 3.27. The summed E-state index contributed by atoms with van der Waals surface area (Å²) in [6.07, 6.45) is 5.24. The fourth-order valence-electron chi connectivity index (χ4n) is 3.27. The minimum absolute atomic E-state index is 0.00442. The van der Waals surface area contributed by atoms with E-state index in [1.54, 1.807) is 18.0 Å². The van der Waals surface area contributed by atoms with E-state index >= 15 is 0 Å². The predicted octanol–water partition coefficient (Wildman–Crippen LogP) is 2.09. The first kappa shape index (κ1) is 17.2. The minimum Gasteiger partial charge on any atom is -0.343 e. The predicted molar refractivity (Wildman–Crippen MR) is 95.0 cm³/mol. The van der Waals surface area contributed by atoms with E-state index in [9.17, 15) is 9.59 Å². The topological polar surface area (TPSA) is 58.4 Å². The van der Waals surface area contributed by atoms with Crippen LogP contribution in [0.3, 0.4) is 0 Å². The van der Waals surface area contributed by atoms with Gasteiger partial charge in [-0.05, 0) is 25.0 Å². The van der Waals surface area contributed by atoms with E-state index in [-0.39, 0.29) is 17.7 Å². The molecule has 132 valence electrons. The van der Waals surface area contributed by atoms with Crippen molar-refractivity contribution >= 4 is 11.8 Å². The van der Waals surface area contributed by atoms with Crippen LogP contribution in [0, 0.1) is 5.92 Å². The van der Waals surface area contributed by atoms with Crippen molar-refractivity contribution in [3.8, 4) is 5.69 Å². The Hall–Kier alpha value is -2.63. The Bertz CT molecular complexity index is 733. The van der Waals surface area contributed by atoms with Crippen molar-refractivity contribution < 1.29 is 9.59 Å². The van der Waals surface area contributed by atoms with Crippen LogP contribution in [0.25, 0.3) is 5.69 Å². The number of hydrogen-bond acceptors (Lipinski definition) is 3. The van der Waals surface area contributed by atoms with E-state index in [1.165, 1.54) is 0 Å². The zero-order chi connectivity index (χ0) is 17.8. The van der Waals surface area contributed by atoms with Crippen LogP contribution >= 0.6 is 0 Å². The summed E-state index contributed by atoms with van der Waals surface area (Å²) in [5.74, 6) is 0.244. The molecule has 6 nitrogen and oxygen atoms in total. The first-order chi connectivity index (χ1) is 12.0. The van der Waals surface area contributed by atoms with Gasteiger partial charge in [0.2, 0.25) is 11.8 Å². The third kappa shape index (κ3) is 4.07. The van der Waals surface area contributed by atoms with Crippen molar-refractivity contribution in [2.45, 2.75) is 26.3 Å². The molecule has 0 atom stereocenters. The number of carbonyl (C=O) groups is 2. The van der Waals surface area contributed by atoms with Crippen LogP contribution in [-0.2, 0) is 16.1 Å². The number of carbonyl (C=O) groups excluding carboxylic acids is 2. The Morgan fingerprint density at radius 1 is 1.20 bits per heavy atom. The quantitative estimate of drug-likeness (QED) is 0.856. The van der Waals surface area contributed by atoms with E-state index in [0.29, 0.717) is 19.6 Å². The molecular weight excluding hydrogens is 316 g/mol.